The molecule has 1 aromatic carbocycles. The number of ether oxygens (including phenoxy) is 1. The van der Waals surface area contributed by atoms with E-state index in [9.17, 15) is 0 Å². The predicted molar refractivity (Wildman–Crippen MR) is 87.5 cm³/mol. The normalized spacial score (nSPS) is 16.4. The summed E-state index contributed by atoms with van der Waals surface area (Å²) in [6.45, 7) is 5.71. The minimum atomic E-state index is 0.608. The maximum Gasteiger partial charge on any atom is 0.0469 e. The zero-order valence-corrected chi connectivity index (χ0v) is 13.4. The fraction of sp³-hybridized carbons (Fsp3) is 0.625. The summed E-state index contributed by atoms with van der Waals surface area (Å²) < 4.78 is 5.44. The Hall–Kier alpha value is -0.710. The number of anilines is 1. The van der Waals surface area contributed by atoms with Gasteiger partial charge in [0, 0.05) is 49.5 Å². The van der Waals surface area contributed by atoms with Crippen molar-refractivity contribution >= 4 is 17.4 Å². The first-order chi connectivity index (χ1) is 9.76. The highest BCUT2D eigenvalue weighted by Crippen LogP contribution is 2.31. The Morgan fingerprint density at radius 1 is 1.35 bits per heavy atom. The number of nitrogens with zero attached hydrogens (tertiary/aromatic N) is 1. The van der Waals surface area contributed by atoms with Gasteiger partial charge in [-0.3, -0.25) is 0 Å². The Labute approximate surface area is 126 Å². The summed E-state index contributed by atoms with van der Waals surface area (Å²) in [5.41, 5.74) is 8.57. The zero-order valence-electron chi connectivity index (χ0n) is 12.6. The third-order valence-electron chi connectivity index (χ3n) is 3.90. The zero-order chi connectivity index (χ0) is 14.4. The summed E-state index contributed by atoms with van der Waals surface area (Å²) in [5, 5.41) is 0. The molecule has 0 atom stereocenters. The lowest BCUT2D eigenvalue weighted by atomic mass is 9.99. The smallest absolute Gasteiger partial charge is 0.0469 e. The molecular weight excluding hydrogens is 268 g/mol. The molecular formula is C16H26N2OS. The molecule has 0 unspecified atom stereocenters. The van der Waals surface area contributed by atoms with Crippen molar-refractivity contribution in [3.8, 4) is 0 Å². The lowest BCUT2D eigenvalue weighted by Crippen LogP contribution is -2.30. The summed E-state index contributed by atoms with van der Waals surface area (Å²) in [6.07, 6.45) is 2.34. The Balaban J connectivity index is 2.11. The quantitative estimate of drug-likeness (QED) is 0.818. The summed E-state index contributed by atoms with van der Waals surface area (Å²) >= 11 is 1.88. The van der Waals surface area contributed by atoms with Crippen LogP contribution in [0.15, 0.2) is 23.1 Å². The minimum Gasteiger partial charge on any atom is -0.381 e. The molecule has 0 aliphatic carbocycles. The first kappa shape index (κ1) is 15.7. The lowest BCUT2D eigenvalue weighted by molar-refractivity contribution is 0.0685. The van der Waals surface area contributed by atoms with Crippen LogP contribution in [0.3, 0.4) is 0 Å². The van der Waals surface area contributed by atoms with Crippen LogP contribution in [-0.4, -0.2) is 32.6 Å². The van der Waals surface area contributed by atoms with Gasteiger partial charge in [-0.25, -0.2) is 0 Å². The number of rotatable bonds is 6. The first-order valence-electron chi connectivity index (χ1n) is 7.49. The van der Waals surface area contributed by atoms with Crippen LogP contribution < -0.4 is 10.6 Å². The van der Waals surface area contributed by atoms with Crippen molar-refractivity contribution in [2.24, 2.45) is 11.7 Å². The van der Waals surface area contributed by atoms with Crippen LogP contribution in [-0.2, 0) is 11.3 Å². The molecule has 20 heavy (non-hydrogen) atoms. The number of hydrogen-bond donors (Lipinski definition) is 1. The van der Waals surface area contributed by atoms with Gasteiger partial charge >= 0.3 is 0 Å². The highest BCUT2D eigenvalue weighted by atomic mass is 32.2. The highest BCUT2D eigenvalue weighted by molar-refractivity contribution is 7.99. The molecule has 4 heteroatoms. The average molecular weight is 294 g/mol. The molecule has 0 spiro atoms. The molecule has 112 valence electrons. The van der Waals surface area contributed by atoms with Crippen molar-refractivity contribution in [3.05, 3.63) is 23.8 Å². The van der Waals surface area contributed by atoms with Crippen molar-refractivity contribution in [2.75, 3.05) is 37.5 Å². The number of nitrogens with two attached hydrogens (primary N) is 1. The third kappa shape index (κ3) is 3.90. The van der Waals surface area contributed by atoms with E-state index in [-0.39, 0.29) is 0 Å². The molecule has 0 bridgehead atoms. The van der Waals surface area contributed by atoms with Gasteiger partial charge in [-0.05, 0) is 36.6 Å². The van der Waals surface area contributed by atoms with E-state index in [4.69, 9.17) is 10.5 Å². The van der Waals surface area contributed by atoms with Crippen LogP contribution in [0.2, 0.25) is 0 Å². The molecule has 1 aliphatic rings. The standard InChI is InChI=1S/C16H26N2OS/c1-3-20-16-6-4-5-15(14(16)11-17)18(2)12-13-7-9-19-10-8-13/h4-6,13H,3,7-12,17H2,1-2H3. The van der Waals surface area contributed by atoms with Gasteiger partial charge in [0.25, 0.3) is 0 Å². The Kier molecular flexibility index (Phi) is 6.20. The molecule has 1 aromatic rings. The second-order valence-electron chi connectivity index (χ2n) is 5.33. The van der Waals surface area contributed by atoms with Gasteiger partial charge in [-0.1, -0.05) is 13.0 Å². The van der Waals surface area contributed by atoms with E-state index in [1.165, 1.54) is 29.0 Å². The van der Waals surface area contributed by atoms with E-state index < -0.39 is 0 Å². The molecule has 1 fully saturated rings. The maximum atomic E-state index is 5.99. The first-order valence-corrected chi connectivity index (χ1v) is 8.48. The highest BCUT2D eigenvalue weighted by Gasteiger charge is 2.18. The predicted octanol–water partition coefficient (Wildman–Crippen LogP) is 3.12. The van der Waals surface area contributed by atoms with E-state index in [1.54, 1.807) is 0 Å². The number of thioether (sulfide) groups is 1. The molecule has 0 saturated carbocycles. The number of benzene rings is 1. The van der Waals surface area contributed by atoms with E-state index in [0.29, 0.717) is 6.54 Å². The molecule has 1 saturated heterocycles. The fourth-order valence-electron chi connectivity index (χ4n) is 2.82. The molecule has 3 nitrogen and oxygen atoms in total. The average Bonchev–Trinajstić information content (AvgIpc) is 2.48. The maximum absolute atomic E-state index is 5.99. The van der Waals surface area contributed by atoms with Gasteiger partial charge in [-0.2, -0.15) is 0 Å². The lowest BCUT2D eigenvalue weighted by Gasteiger charge is -2.30. The Bertz CT molecular complexity index is 419. The van der Waals surface area contributed by atoms with Crippen molar-refractivity contribution < 1.29 is 4.74 Å². The van der Waals surface area contributed by atoms with Crippen LogP contribution >= 0.6 is 11.8 Å². The molecule has 0 radical (unpaired) electrons. The van der Waals surface area contributed by atoms with Gasteiger partial charge in [0.15, 0.2) is 0 Å². The van der Waals surface area contributed by atoms with Gasteiger partial charge in [0.1, 0.15) is 0 Å². The van der Waals surface area contributed by atoms with Crippen LogP contribution in [0, 0.1) is 5.92 Å². The summed E-state index contributed by atoms with van der Waals surface area (Å²) in [5.74, 6) is 1.82. The van der Waals surface area contributed by atoms with Crippen molar-refractivity contribution in [1.29, 1.82) is 0 Å². The molecule has 2 N–H and O–H groups in total. The largest absolute Gasteiger partial charge is 0.381 e. The summed E-state index contributed by atoms with van der Waals surface area (Å²) in [4.78, 5) is 3.70. The van der Waals surface area contributed by atoms with Gasteiger partial charge in [0.05, 0.1) is 0 Å². The fourth-order valence-corrected chi connectivity index (χ4v) is 3.67. The van der Waals surface area contributed by atoms with Crippen LogP contribution in [0.4, 0.5) is 5.69 Å². The van der Waals surface area contributed by atoms with Crippen molar-refractivity contribution in [3.63, 3.8) is 0 Å². The van der Waals surface area contributed by atoms with Gasteiger partial charge in [-0.15, -0.1) is 11.8 Å². The molecule has 0 amide bonds. The van der Waals surface area contributed by atoms with Gasteiger partial charge in [0.2, 0.25) is 0 Å². The second kappa shape index (κ2) is 7.91. The van der Waals surface area contributed by atoms with Crippen LogP contribution in [0.1, 0.15) is 25.3 Å². The molecule has 2 rings (SSSR count). The summed E-state index contributed by atoms with van der Waals surface area (Å²) in [6, 6.07) is 6.52. The van der Waals surface area contributed by atoms with Crippen molar-refractivity contribution in [1.82, 2.24) is 0 Å². The number of hydrogen-bond acceptors (Lipinski definition) is 4. The Morgan fingerprint density at radius 3 is 2.75 bits per heavy atom. The monoisotopic (exact) mass is 294 g/mol. The molecule has 1 heterocycles. The molecule has 0 aromatic heterocycles. The second-order valence-corrected chi connectivity index (χ2v) is 6.63. The van der Waals surface area contributed by atoms with Gasteiger partial charge < -0.3 is 15.4 Å². The molecule has 1 aliphatic heterocycles. The summed E-state index contributed by atoms with van der Waals surface area (Å²) in [7, 11) is 2.18. The van der Waals surface area contributed by atoms with E-state index in [1.807, 2.05) is 11.8 Å². The van der Waals surface area contributed by atoms with E-state index in [0.717, 1.165) is 31.4 Å². The van der Waals surface area contributed by atoms with E-state index >= 15 is 0 Å². The van der Waals surface area contributed by atoms with Crippen LogP contribution in [0.5, 0.6) is 0 Å². The minimum absolute atomic E-state index is 0.608. The van der Waals surface area contributed by atoms with Crippen LogP contribution in [0.25, 0.3) is 0 Å². The Morgan fingerprint density at radius 2 is 2.10 bits per heavy atom. The van der Waals surface area contributed by atoms with Crippen molar-refractivity contribution in [2.45, 2.75) is 31.2 Å². The third-order valence-corrected chi connectivity index (χ3v) is 4.88. The SMILES string of the molecule is CCSc1cccc(N(C)CC2CCOCC2)c1CN. The topological polar surface area (TPSA) is 38.5 Å². The van der Waals surface area contributed by atoms with E-state index in [2.05, 4.69) is 37.1 Å².